The Bertz CT molecular complexity index is 517. The van der Waals surface area contributed by atoms with Crippen LogP contribution in [0.2, 0.25) is 0 Å². The maximum absolute atomic E-state index is 11.8. The van der Waals surface area contributed by atoms with E-state index in [0.29, 0.717) is 18.5 Å². The molecule has 0 bridgehead atoms. The lowest BCUT2D eigenvalue weighted by molar-refractivity contribution is -0.121. The van der Waals surface area contributed by atoms with Crippen molar-refractivity contribution >= 4 is 33.4 Å². The first-order chi connectivity index (χ1) is 10.6. The van der Waals surface area contributed by atoms with Gasteiger partial charge in [-0.15, -0.1) is 0 Å². The van der Waals surface area contributed by atoms with Crippen LogP contribution in [-0.4, -0.2) is 22.8 Å². The van der Waals surface area contributed by atoms with E-state index in [2.05, 4.69) is 5.32 Å². The summed E-state index contributed by atoms with van der Waals surface area (Å²) >= 11 is 0. The number of carbonyl (C=O) groups is 2. The number of amides is 2. The fourth-order valence-electron chi connectivity index (χ4n) is 2.35. The van der Waals surface area contributed by atoms with Gasteiger partial charge in [-0.05, 0) is 37.0 Å². The topological polar surface area (TPSA) is 72.2 Å². The Balaban J connectivity index is 1.62. The Kier molecular flexibility index (Phi) is 7.12. The van der Waals surface area contributed by atoms with Crippen molar-refractivity contribution in [3.8, 4) is 0 Å². The lowest BCUT2D eigenvalue weighted by Crippen LogP contribution is -2.22. The normalized spacial score (nSPS) is 17.4. The molecule has 120 valence electrons. The zero-order chi connectivity index (χ0) is 15.8. The molecule has 1 heterocycles. The minimum atomic E-state index is -0.448. The highest BCUT2D eigenvalue weighted by molar-refractivity contribution is 8.77. The van der Waals surface area contributed by atoms with Crippen LogP contribution in [0.1, 0.15) is 48.0 Å². The third-order valence-corrected chi connectivity index (χ3v) is 6.62. The molecule has 3 N–H and O–H groups in total. The lowest BCUT2D eigenvalue weighted by atomic mass is 10.1. The van der Waals surface area contributed by atoms with Crippen LogP contribution in [0.25, 0.3) is 0 Å². The van der Waals surface area contributed by atoms with Gasteiger partial charge in [0.1, 0.15) is 0 Å². The molecule has 4 nitrogen and oxygen atoms in total. The molecular formula is C16H22N2O2S2. The van der Waals surface area contributed by atoms with Crippen molar-refractivity contribution in [3.63, 3.8) is 0 Å². The molecule has 0 aliphatic carbocycles. The minimum absolute atomic E-state index is 0.0675. The summed E-state index contributed by atoms with van der Waals surface area (Å²) in [5.74, 6) is 0.884. The smallest absolute Gasteiger partial charge is 0.248 e. The van der Waals surface area contributed by atoms with Crippen molar-refractivity contribution in [2.45, 2.75) is 43.9 Å². The average Bonchev–Trinajstić information content (AvgIpc) is 3.03. The fraction of sp³-hybridized carbons (Fsp3) is 0.500. The van der Waals surface area contributed by atoms with Crippen molar-refractivity contribution in [2.24, 2.45) is 5.73 Å². The second-order valence-electron chi connectivity index (χ2n) is 5.42. The van der Waals surface area contributed by atoms with Gasteiger partial charge in [0.25, 0.3) is 0 Å². The molecule has 1 aromatic rings. The number of rotatable bonds is 8. The molecule has 1 aliphatic heterocycles. The molecule has 2 amide bonds. The van der Waals surface area contributed by atoms with E-state index in [0.717, 1.165) is 23.7 Å². The Morgan fingerprint density at radius 2 is 2.18 bits per heavy atom. The van der Waals surface area contributed by atoms with E-state index in [4.69, 9.17) is 5.73 Å². The Morgan fingerprint density at radius 1 is 1.32 bits per heavy atom. The van der Waals surface area contributed by atoms with Crippen LogP contribution in [0.5, 0.6) is 0 Å². The fourth-order valence-corrected chi connectivity index (χ4v) is 5.37. The second kappa shape index (κ2) is 9.10. The van der Waals surface area contributed by atoms with Crippen molar-refractivity contribution in [2.75, 3.05) is 5.75 Å². The molecule has 0 saturated carbocycles. The van der Waals surface area contributed by atoms with Gasteiger partial charge in [0.15, 0.2) is 0 Å². The molecule has 2 rings (SSSR count). The third-order valence-electron chi connectivity index (χ3n) is 3.61. The SMILES string of the molecule is NC(=O)c1cccc(CNC(=O)CCCCC2CCSS2)c1. The molecule has 22 heavy (non-hydrogen) atoms. The summed E-state index contributed by atoms with van der Waals surface area (Å²) in [6.45, 7) is 0.440. The van der Waals surface area contributed by atoms with Crippen LogP contribution in [0.3, 0.4) is 0 Å². The van der Waals surface area contributed by atoms with Gasteiger partial charge in [0, 0.05) is 29.5 Å². The van der Waals surface area contributed by atoms with Gasteiger partial charge < -0.3 is 11.1 Å². The van der Waals surface area contributed by atoms with Crippen LogP contribution < -0.4 is 11.1 Å². The van der Waals surface area contributed by atoms with Crippen LogP contribution in [-0.2, 0) is 11.3 Å². The molecule has 1 atom stereocenters. The third kappa shape index (κ3) is 5.93. The molecular weight excluding hydrogens is 316 g/mol. The highest BCUT2D eigenvalue weighted by atomic mass is 33.1. The number of carbonyl (C=O) groups excluding carboxylic acids is 2. The number of nitrogens with one attached hydrogen (secondary N) is 1. The quantitative estimate of drug-likeness (QED) is 0.564. The number of nitrogens with two attached hydrogens (primary N) is 1. The molecule has 1 fully saturated rings. The molecule has 1 saturated heterocycles. The second-order valence-corrected chi connectivity index (χ2v) is 8.20. The van der Waals surface area contributed by atoms with Crippen molar-refractivity contribution in [1.29, 1.82) is 0 Å². The summed E-state index contributed by atoms with van der Waals surface area (Å²) in [5.41, 5.74) is 6.61. The van der Waals surface area contributed by atoms with E-state index in [1.807, 2.05) is 27.7 Å². The van der Waals surface area contributed by atoms with E-state index in [-0.39, 0.29) is 5.91 Å². The monoisotopic (exact) mass is 338 g/mol. The van der Waals surface area contributed by atoms with Gasteiger partial charge in [0.05, 0.1) is 0 Å². The number of hydrogen-bond acceptors (Lipinski definition) is 4. The van der Waals surface area contributed by atoms with E-state index in [1.54, 1.807) is 18.2 Å². The lowest BCUT2D eigenvalue weighted by Gasteiger charge is -2.08. The minimum Gasteiger partial charge on any atom is -0.366 e. The van der Waals surface area contributed by atoms with Crippen LogP contribution >= 0.6 is 21.6 Å². The van der Waals surface area contributed by atoms with Gasteiger partial charge in [0.2, 0.25) is 11.8 Å². The summed E-state index contributed by atoms with van der Waals surface area (Å²) < 4.78 is 0. The Morgan fingerprint density at radius 3 is 2.91 bits per heavy atom. The molecule has 1 aliphatic rings. The summed E-state index contributed by atoms with van der Waals surface area (Å²) in [6, 6.07) is 7.05. The number of hydrogen-bond donors (Lipinski definition) is 2. The molecule has 0 radical (unpaired) electrons. The van der Waals surface area contributed by atoms with Crippen LogP contribution in [0.15, 0.2) is 24.3 Å². The number of unbranched alkanes of at least 4 members (excludes halogenated alkanes) is 1. The molecule has 1 unspecified atom stereocenters. The van der Waals surface area contributed by atoms with Crippen molar-refractivity contribution in [3.05, 3.63) is 35.4 Å². The summed E-state index contributed by atoms with van der Waals surface area (Å²) in [6.07, 6.45) is 5.14. The van der Waals surface area contributed by atoms with E-state index >= 15 is 0 Å². The van der Waals surface area contributed by atoms with Gasteiger partial charge in [-0.25, -0.2) is 0 Å². The van der Waals surface area contributed by atoms with E-state index in [9.17, 15) is 9.59 Å². The molecule has 0 spiro atoms. The summed E-state index contributed by atoms with van der Waals surface area (Å²) in [4.78, 5) is 22.9. The number of primary amides is 1. The zero-order valence-corrected chi connectivity index (χ0v) is 14.2. The first kappa shape index (κ1) is 17.2. The highest BCUT2D eigenvalue weighted by Crippen LogP contribution is 2.39. The number of benzene rings is 1. The predicted octanol–water partition coefficient (Wildman–Crippen LogP) is 3.12. The highest BCUT2D eigenvalue weighted by Gasteiger charge is 2.15. The van der Waals surface area contributed by atoms with E-state index in [1.165, 1.54) is 18.6 Å². The van der Waals surface area contributed by atoms with Crippen molar-refractivity contribution < 1.29 is 9.59 Å². The standard InChI is InChI=1S/C16H22N2O2S2/c17-16(20)13-5-3-4-12(10-13)11-18-15(19)7-2-1-6-14-8-9-21-22-14/h3-5,10,14H,1-2,6-9,11H2,(H2,17,20)(H,18,19). The first-order valence-electron chi connectivity index (χ1n) is 7.59. The maximum atomic E-state index is 11.8. The summed E-state index contributed by atoms with van der Waals surface area (Å²) in [5, 5.41) is 3.68. The van der Waals surface area contributed by atoms with Gasteiger partial charge in [-0.3, -0.25) is 9.59 Å². The molecule has 1 aromatic carbocycles. The largest absolute Gasteiger partial charge is 0.366 e. The Labute approximate surface area is 139 Å². The van der Waals surface area contributed by atoms with Crippen molar-refractivity contribution in [1.82, 2.24) is 5.32 Å². The zero-order valence-electron chi connectivity index (χ0n) is 12.5. The molecule has 6 heteroatoms. The van der Waals surface area contributed by atoms with Crippen LogP contribution in [0.4, 0.5) is 0 Å². The first-order valence-corrected chi connectivity index (χ1v) is 9.97. The average molecular weight is 338 g/mol. The van der Waals surface area contributed by atoms with Gasteiger partial charge >= 0.3 is 0 Å². The van der Waals surface area contributed by atoms with Crippen LogP contribution in [0, 0.1) is 0 Å². The summed E-state index contributed by atoms with van der Waals surface area (Å²) in [7, 11) is 3.95. The Hall–Kier alpha value is -1.14. The predicted molar refractivity (Wildman–Crippen MR) is 93.7 cm³/mol. The van der Waals surface area contributed by atoms with Gasteiger partial charge in [-0.1, -0.05) is 40.1 Å². The maximum Gasteiger partial charge on any atom is 0.248 e. The van der Waals surface area contributed by atoms with E-state index < -0.39 is 5.91 Å². The molecule has 0 aromatic heterocycles. The van der Waals surface area contributed by atoms with Gasteiger partial charge in [-0.2, -0.15) is 0 Å².